The van der Waals surface area contributed by atoms with Gasteiger partial charge in [0.25, 0.3) is 0 Å². The number of hydrogen-bond acceptors (Lipinski definition) is 5. The summed E-state index contributed by atoms with van der Waals surface area (Å²) in [4.78, 5) is 16.7. The highest BCUT2D eigenvalue weighted by molar-refractivity contribution is 9.11. The van der Waals surface area contributed by atoms with Gasteiger partial charge in [-0.3, -0.25) is 0 Å². The molecule has 0 atom stereocenters. The third kappa shape index (κ3) is 3.97. The highest BCUT2D eigenvalue weighted by Gasteiger charge is 2.18. The molecule has 0 bridgehead atoms. The van der Waals surface area contributed by atoms with Gasteiger partial charge in [0, 0.05) is 16.0 Å². The van der Waals surface area contributed by atoms with E-state index in [1.165, 1.54) is 24.7 Å². The summed E-state index contributed by atoms with van der Waals surface area (Å²) in [6.45, 7) is 0. The van der Waals surface area contributed by atoms with E-state index in [-0.39, 0.29) is 0 Å². The molecule has 0 saturated carbocycles. The first-order chi connectivity index (χ1) is 10.0. The summed E-state index contributed by atoms with van der Waals surface area (Å²) < 4.78 is 5.82. The van der Waals surface area contributed by atoms with Crippen molar-refractivity contribution in [1.29, 1.82) is 0 Å². The van der Waals surface area contributed by atoms with E-state index >= 15 is 0 Å². The Labute approximate surface area is 143 Å². The lowest BCUT2D eigenvalue weighted by Crippen LogP contribution is -2.02. The highest BCUT2D eigenvalue weighted by atomic mass is 79.9. The fourth-order valence-electron chi connectivity index (χ4n) is 1.44. The number of halogens is 3. The molecule has 0 aliphatic carbocycles. The minimum Gasteiger partial charge on any atom is -0.494 e. The maximum atomic E-state index is 11.9. The Kier molecular flexibility index (Phi) is 5.64. The van der Waals surface area contributed by atoms with E-state index in [1.807, 2.05) is 0 Å². The lowest BCUT2D eigenvalue weighted by atomic mass is 10.2. The van der Waals surface area contributed by atoms with Crippen LogP contribution in [0, 0.1) is 0 Å². The van der Waals surface area contributed by atoms with Gasteiger partial charge in [-0.15, -0.1) is 11.3 Å². The van der Waals surface area contributed by atoms with Crippen LogP contribution < -0.4 is 4.74 Å². The number of oxime groups is 1. The fraction of sp³-hybridized carbons (Fsp3) is 0.0769. The molecule has 0 unspecified atom stereocenters. The topological polar surface area (TPSA) is 47.9 Å². The van der Waals surface area contributed by atoms with Crippen molar-refractivity contribution in [3.8, 4) is 5.75 Å². The normalized spacial score (nSPS) is 10.9. The standard InChI is InChI=1S/C13H8BrCl2NO3S/c1-19-11-9(6-21-12(11)14)13(18)20-17-5-7-2-3-8(15)4-10(7)16/h2-6H,1H3. The Bertz CT molecular complexity index is 703. The molecule has 1 aromatic heterocycles. The maximum absolute atomic E-state index is 11.9. The third-order valence-electron chi connectivity index (χ3n) is 2.42. The summed E-state index contributed by atoms with van der Waals surface area (Å²) in [5, 5.41) is 6.18. The number of methoxy groups -OCH3 is 1. The Morgan fingerprint density at radius 1 is 1.43 bits per heavy atom. The van der Waals surface area contributed by atoms with Crippen LogP contribution in [-0.4, -0.2) is 19.3 Å². The molecule has 0 aliphatic rings. The maximum Gasteiger partial charge on any atom is 0.370 e. The van der Waals surface area contributed by atoms with Gasteiger partial charge in [-0.25, -0.2) is 4.79 Å². The molecule has 0 radical (unpaired) electrons. The summed E-state index contributed by atoms with van der Waals surface area (Å²) in [6.07, 6.45) is 1.34. The van der Waals surface area contributed by atoms with Crippen molar-refractivity contribution < 1.29 is 14.4 Å². The molecule has 4 nitrogen and oxygen atoms in total. The average molecular weight is 409 g/mol. The number of carbonyl (C=O) groups is 1. The van der Waals surface area contributed by atoms with Crippen molar-refractivity contribution in [3.05, 3.63) is 48.5 Å². The van der Waals surface area contributed by atoms with Gasteiger partial charge in [-0.1, -0.05) is 34.4 Å². The monoisotopic (exact) mass is 407 g/mol. The zero-order valence-electron chi connectivity index (χ0n) is 10.6. The van der Waals surface area contributed by atoms with Crippen LogP contribution in [0.3, 0.4) is 0 Å². The van der Waals surface area contributed by atoms with Crippen LogP contribution in [-0.2, 0) is 4.84 Å². The van der Waals surface area contributed by atoms with Gasteiger partial charge in [0.05, 0.1) is 18.3 Å². The smallest absolute Gasteiger partial charge is 0.370 e. The number of benzene rings is 1. The van der Waals surface area contributed by atoms with Crippen molar-refractivity contribution in [2.75, 3.05) is 7.11 Å². The minimum atomic E-state index is -0.616. The predicted octanol–water partition coefficient (Wildman–Crippen LogP) is 5.02. The van der Waals surface area contributed by atoms with Gasteiger partial charge in [0.2, 0.25) is 0 Å². The third-order valence-corrected chi connectivity index (χ3v) is 4.65. The first-order valence-electron chi connectivity index (χ1n) is 5.53. The number of carbonyl (C=O) groups excluding carboxylic acids is 1. The van der Waals surface area contributed by atoms with E-state index in [1.54, 1.807) is 23.6 Å². The number of ether oxygens (including phenoxy) is 1. The molecule has 8 heteroatoms. The van der Waals surface area contributed by atoms with E-state index in [0.29, 0.717) is 30.7 Å². The molecule has 110 valence electrons. The van der Waals surface area contributed by atoms with Gasteiger partial charge >= 0.3 is 5.97 Å². The summed E-state index contributed by atoms with van der Waals surface area (Å²) >= 11 is 16.4. The highest BCUT2D eigenvalue weighted by Crippen LogP contribution is 2.35. The van der Waals surface area contributed by atoms with E-state index in [9.17, 15) is 4.79 Å². The molecule has 1 aromatic carbocycles. The van der Waals surface area contributed by atoms with Crippen LogP contribution in [0.15, 0.2) is 32.5 Å². The number of rotatable bonds is 4. The van der Waals surface area contributed by atoms with Crippen molar-refractivity contribution in [2.45, 2.75) is 0 Å². The number of nitrogens with zero attached hydrogens (tertiary/aromatic N) is 1. The van der Waals surface area contributed by atoms with E-state index in [2.05, 4.69) is 21.1 Å². The molecule has 0 amide bonds. The molecule has 0 saturated heterocycles. The molecular formula is C13H8BrCl2NO3S. The Hall–Kier alpha value is -1.08. The second-order valence-corrected chi connectivity index (χ2v) is 6.78. The van der Waals surface area contributed by atoms with Crippen molar-refractivity contribution in [2.24, 2.45) is 5.16 Å². The lowest BCUT2D eigenvalue weighted by Gasteiger charge is -2.01. The first kappa shape index (κ1) is 16.3. The van der Waals surface area contributed by atoms with Crippen molar-refractivity contribution in [3.63, 3.8) is 0 Å². The summed E-state index contributed by atoms with van der Waals surface area (Å²) in [7, 11) is 1.47. The van der Waals surface area contributed by atoms with Crippen LogP contribution >= 0.6 is 50.5 Å². The van der Waals surface area contributed by atoms with E-state index < -0.39 is 5.97 Å². The van der Waals surface area contributed by atoms with Gasteiger partial charge < -0.3 is 9.57 Å². The molecule has 2 rings (SSSR count). The van der Waals surface area contributed by atoms with Crippen molar-refractivity contribution >= 4 is 62.7 Å². The van der Waals surface area contributed by atoms with Crippen LogP contribution in [0.1, 0.15) is 15.9 Å². The molecule has 0 fully saturated rings. The second-order valence-electron chi connectivity index (χ2n) is 3.74. The van der Waals surface area contributed by atoms with Gasteiger partial charge in [-0.05, 0) is 28.1 Å². The zero-order valence-corrected chi connectivity index (χ0v) is 14.5. The largest absolute Gasteiger partial charge is 0.494 e. The summed E-state index contributed by atoms with van der Waals surface area (Å²) in [6, 6.07) is 4.91. The van der Waals surface area contributed by atoms with Crippen LogP contribution in [0.5, 0.6) is 5.75 Å². The Balaban J connectivity index is 2.08. The zero-order chi connectivity index (χ0) is 15.4. The lowest BCUT2D eigenvalue weighted by molar-refractivity contribution is 0.0516. The molecular weight excluding hydrogens is 401 g/mol. The molecule has 21 heavy (non-hydrogen) atoms. The van der Waals surface area contributed by atoms with Gasteiger partial charge in [-0.2, -0.15) is 0 Å². The predicted molar refractivity (Wildman–Crippen MR) is 88.0 cm³/mol. The molecule has 0 aliphatic heterocycles. The molecule has 0 spiro atoms. The van der Waals surface area contributed by atoms with Crippen LogP contribution in [0.25, 0.3) is 0 Å². The van der Waals surface area contributed by atoms with Gasteiger partial charge in [0.1, 0.15) is 9.35 Å². The fourth-order valence-corrected chi connectivity index (χ4v) is 3.28. The Morgan fingerprint density at radius 2 is 2.19 bits per heavy atom. The quantitative estimate of drug-likeness (QED) is 0.405. The molecule has 1 heterocycles. The summed E-state index contributed by atoms with van der Waals surface area (Å²) in [5.41, 5.74) is 0.890. The summed E-state index contributed by atoms with van der Waals surface area (Å²) in [5.74, 6) is -0.195. The second kappa shape index (κ2) is 7.26. The SMILES string of the molecule is COc1c(C(=O)ON=Cc2ccc(Cl)cc2Cl)csc1Br. The van der Waals surface area contributed by atoms with Crippen molar-refractivity contribution in [1.82, 2.24) is 0 Å². The average Bonchev–Trinajstić information content (AvgIpc) is 2.82. The van der Waals surface area contributed by atoms with Crippen LogP contribution in [0.2, 0.25) is 10.0 Å². The van der Waals surface area contributed by atoms with Crippen LogP contribution in [0.4, 0.5) is 0 Å². The molecule has 0 N–H and O–H groups in total. The van der Waals surface area contributed by atoms with E-state index in [0.717, 1.165) is 0 Å². The molecule has 2 aromatic rings. The Morgan fingerprint density at radius 3 is 2.86 bits per heavy atom. The van der Waals surface area contributed by atoms with E-state index in [4.69, 9.17) is 32.8 Å². The minimum absolute atomic E-state index is 0.300. The van der Waals surface area contributed by atoms with Gasteiger partial charge in [0.15, 0.2) is 5.75 Å². The number of thiophene rings is 1. The number of hydrogen-bond donors (Lipinski definition) is 0. The first-order valence-corrected chi connectivity index (χ1v) is 7.96.